The van der Waals surface area contributed by atoms with Crippen LogP contribution < -0.4 is 4.74 Å². The largest absolute Gasteiger partial charge is 0.493 e. The minimum Gasteiger partial charge on any atom is -0.493 e. The first-order valence-electron chi connectivity index (χ1n) is 8.13. The number of azo groups is 1. The predicted octanol–water partition coefficient (Wildman–Crippen LogP) is 4.09. The van der Waals surface area contributed by atoms with Crippen molar-refractivity contribution >= 4 is 22.5 Å². The minimum atomic E-state index is -0.636. The molecule has 0 aliphatic carbocycles. The molecule has 1 heterocycles. The molecule has 0 unspecified atom stereocenters. The van der Waals surface area contributed by atoms with Crippen LogP contribution in [0, 0.1) is 11.3 Å². The van der Waals surface area contributed by atoms with Crippen molar-refractivity contribution in [1.82, 2.24) is 4.57 Å². The smallest absolute Gasteiger partial charge is 0.302 e. The fraction of sp³-hybridized carbons (Fsp3) is 0.100. The quantitative estimate of drug-likeness (QED) is 0.528. The van der Waals surface area contributed by atoms with Gasteiger partial charge in [-0.1, -0.05) is 36.4 Å². The van der Waals surface area contributed by atoms with Gasteiger partial charge in [-0.3, -0.25) is 4.79 Å². The van der Waals surface area contributed by atoms with E-state index in [1.54, 1.807) is 41.0 Å². The lowest BCUT2D eigenvalue weighted by Crippen LogP contribution is -2.08. The first-order valence-corrected chi connectivity index (χ1v) is 8.13. The van der Waals surface area contributed by atoms with Crippen LogP contribution in [0.2, 0.25) is 0 Å². The van der Waals surface area contributed by atoms with Gasteiger partial charge in [0.05, 0.1) is 11.1 Å². The number of hydrogen-bond donors (Lipinski definition) is 1. The van der Waals surface area contributed by atoms with Crippen LogP contribution in [-0.4, -0.2) is 22.2 Å². The third-order valence-corrected chi connectivity index (χ3v) is 3.85. The lowest BCUT2D eigenvalue weighted by Gasteiger charge is -2.04. The number of nitriles is 1. The summed E-state index contributed by atoms with van der Waals surface area (Å²) in [6, 6.07) is 15.8. The van der Waals surface area contributed by atoms with E-state index in [0.29, 0.717) is 23.2 Å². The third kappa shape index (κ3) is 3.70. The Balaban J connectivity index is 1.80. The number of amides is 1. The van der Waals surface area contributed by atoms with Gasteiger partial charge in [0.25, 0.3) is 0 Å². The van der Waals surface area contributed by atoms with Crippen molar-refractivity contribution in [2.45, 2.75) is 6.54 Å². The normalized spacial score (nSPS) is 10.8. The molecule has 7 nitrogen and oxygen atoms in total. The second-order valence-corrected chi connectivity index (χ2v) is 5.58. The zero-order valence-electron chi connectivity index (χ0n) is 14.4. The topological polar surface area (TPSA) is 100.0 Å². The molecule has 0 spiro atoms. The molecular weight excluding hydrogens is 344 g/mol. The van der Waals surface area contributed by atoms with E-state index in [1.165, 1.54) is 0 Å². The highest BCUT2D eigenvalue weighted by molar-refractivity contribution is 5.95. The lowest BCUT2D eigenvalue weighted by atomic mass is 10.2. The summed E-state index contributed by atoms with van der Waals surface area (Å²) < 4.78 is 6.96. The van der Waals surface area contributed by atoms with E-state index in [-0.39, 0.29) is 18.2 Å². The van der Waals surface area contributed by atoms with Crippen LogP contribution >= 0.6 is 0 Å². The molecule has 0 bridgehead atoms. The molecule has 2 aromatic carbocycles. The Hall–Kier alpha value is -3.92. The zero-order valence-corrected chi connectivity index (χ0v) is 14.4. The summed E-state index contributed by atoms with van der Waals surface area (Å²) in [4.78, 5) is 12.0. The summed E-state index contributed by atoms with van der Waals surface area (Å²) in [6.07, 6.45) is 1.65. The van der Waals surface area contributed by atoms with Gasteiger partial charge in [0.15, 0.2) is 12.3 Å². The molecule has 0 saturated carbocycles. The summed E-state index contributed by atoms with van der Waals surface area (Å²) in [6.45, 7) is 3.70. The molecular formula is C20H16N4O3. The Bertz CT molecular complexity index is 1080. The van der Waals surface area contributed by atoms with Crippen molar-refractivity contribution < 1.29 is 14.6 Å². The first kappa shape index (κ1) is 17.9. The van der Waals surface area contributed by atoms with Crippen molar-refractivity contribution in [2.75, 3.05) is 6.61 Å². The van der Waals surface area contributed by atoms with Gasteiger partial charge in [0.1, 0.15) is 11.8 Å². The summed E-state index contributed by atoms with van der Waals surface area (Å²) in [5, 5.41) is 27.7. The van der Waals surface area contributed by atoms with Gasteiger partial charge in [0, 0.05) is 11.9 Å². The number of para-hydroxylation sites is 2. The number of aromatic nitrogens is 1. The minimum absolute atomic E-state index is 0.0941. The number of carbonyl (C=O) groups excluding carboxylic acids is 1. The van der Waals surface area contributed by atoms with Gasteiger partial charge in [-0.2, -0.15) is 5.26 Å². The highest BCUT2D eigenvalue weighted by Gasteiger charge is 2.16. The monoisotopic (exact) mass is 360 g/mol. The fourth-order valence-electron chi connectivity index (χ4n) is 2.64. The van der Waals surface area contributed by atoms with Gasteiger partial charge < -0.3 is 14.4 Å². The Morgan fingerprint density at radius 1 is 1.26 bits per heavy atom. The fourth-order valence-corrected chi connectivity index (χ4v) is 2.64. The SMILES string of the molecule is C=CCn1c(O)c(N=NC(=O)COc2ccccc2C#N)c2ccccc21. The van der Waals surface area contributed by atoms with Crippen molar-refractivity contribution in [3.63, 3.8) is 0 Å². The van der Waals surface area contributed by atoms with Crippen LogP contribution in [-0.2, 0) is 11.3 Å². The molecule has 1 aromatic heterocycles. The number of rotatable bonds is 6. The molecule has 3 rings (SSSR count). The Morgan fingerprint density at radius 3 is 2.78 bits per heavy atom. The van der Waals surface area contributed by atoms with Crippen molar-refractivity contribution in [2.24, 2.45) is 10.2 Å². The van der Waals surface area contributed by atoms with Crippen LogP contribution in [0.3, 0.4) is 0 Å². The molecule has 1 N–H and O–H groups in total. The molecule has 0 radical (unpaired) electrons. The molecule has 1 amide bonds. The van der Waals surface area contributed by atoms with E-state index < -0.39 is 5.91 Å². The van der Waals surface area contributed by atoms with Crippen molar-refractivity contribution in [3.8, 4) is 17.7 Å². The Labute approximate surface area is 155 Å². The maximum Gasteiger partial charge on any atom is 0.302 e. The first-order chi connectivity index (χ1) is 13.2. The molecule has 0 saturated heterocycles. The summed E-state index contributed by atoms with van der Waals surface area (Å²) in [5.74, 6) is -0.430. The number of carbonyl (C=O) groups is 1. The van der Waals surface area contributed by atoms with Crippen LogP contribution in [0.4, 0.5) is 5.69 Å². The molecule has 27 heavy (non-hydrogen) atoms. The molecule has 3 aromatic rings. The molecule has 7 heteroatoms. The highest BCUT2D eigenvalue weighted by Crippen LogP contribution is 2.38. The maximum absolute atomic E-state index is 12.0. The maximum atomic E-state index is 12.0. The highest BCUT2D eigenvalue weighted by atomic mass is 16.5. The van der Waals surface area contributed by atoms with Gasteiger partial charge >= 0.3 is 5.91 Å². The van der Waals surface area contributed by atoms with E-state index in [9.17, 15) is 9.90 Å². The molecule has 0 aliphatic rings. The standard InChI is InChI=1S/C20H16N4O3/c1-2-11-24-16-9-5-4-8-15(16)19(20(24)26)23-22-18(25)13-27-17-10-6-3-7-14(17)12-21/h2-10,26H,1,11,13H2. The number of ether oxygens (including phenoxy) is 1. The third-order valence-electron chi connectivity index (χ3n) is 3.85. The second kappa shape index (κ2) is 7.97. The lowest BCUT2D eigenvalue weighted by molar-refractivity contribution is -0.120. The molecule has 0 atom stereocenters. The number of allylic oxidation sites excluding steroid dienone is 1. The van der Waals surface area contributed by atoms with E-state index in [1.807, 2.05) is 24.3 Å². The van der Waals surface area contributed by atoms with Crippen LogP contribution in [0.15, 0.2) is 71.4 Å². The summed E-state index contributed by atoms with van der Waals surface area (Å²) in [7, 11) is 0. The Morgan fingerprint density at radius 2 is 2.00 bits per heavy atom. The zero-order chi connectivity index (χ0) is 19.2. The van der Waals surface area contributed by atoms with Gasteiger partial charge in [0.2, 0.25) is 5.88 Å². The van der Waals surface area contributed by atoms with Crippen LogP contribution in [0.5, 0.6) is 11.6 Å². The van der Waals surface area contributed by atoms with Gasteiger partial charge in [-0.05, 0) is 18.2 Å². The molecule has 134 valence electrons. The van der Waals surface area contributed by atoms with Crippen molar-refractivity contribution in [3.05, 3.63) is 66.7 Å². The van der Waals surface area contributed by atoms with Gasteiger partial charge in [-0.15, -0.1) is 16.8 Å². The number of aromatic hydroxyl groups is 1. The van der Waals surface area contributed by atoms with E-state index in [2.05, 4.69) is 16.8 Å². The van der Waals surface area contributed by atoms with E-state index in [0.717, 1.165) is 5.52 Å². The van der Waals surface area contributed by atoms with Crippen LogP contribution in [0.1, 0.15) is 5.56 Å². The number of hydrogen-bond acceptors (Lipinski definition) is 5. The average Bonchev–Trinajstić information content (AvgIpc) is 2.96. The van der Waals surface area contributed by atoms with E-state index >= 15 is 0 Å². The van der Waals surface area contributed by atoms with Crippen molar-refractivity contribution in [1.29, 1.82) is 5.26 Å². The second-order valence-electron chi connectivity index (χ2n) is 5.58. The predicted molar refractivity (Wildman–Crippen MR) is 100.0 cm³/mol. The number of fused-ring (bicyclic) bond motifs is 1. The molecule has 0 fully saturated rings. The van der Waals surface area contributed by atoms with Gasteiger partial charge in [-0.25, -0.2) is 0 Å². The number of nitrogens with zero attached hydrogens (tertiary/aromatic N) is 4. The van der Waals surface area contributed by atoms with Crippen LogP contribution in [0.25, 0.3) is 10.9 Å². The summed E-state index contributed by atoms with van der Waals surface area (Å²) in [5.41, 5.74) is 1.29. The Kier molecular flexibility index (Phi) is 5.28. The molecule has 0 aliphatic heterocycles. The average molecular weight is 360 g/mol. The van der Waals surface area contributed by atoms with E-state index in [4.69, 9.17) is 10.00 Å². The summed E-state index contributed by atoms with van der Waals surface area (Å²) >= 11 is 0. The number of benzene rings is 2.